The summed E-state index contributed by atoms with van der Waals surface area (Å²) in [5.74, 6) is 0. The molecule has 0 unspecified atom stereocenters. The molecule has 0 radical (unpaired) electrons. The molecule has 1 aliphatic carbocycles. The minimum Gasteiger partial charge on any atom is -0.298 e. The predicted molar refractivity (Wildman–Crippen MR) is 107 cm³/mol. The molecule has 0 spiro atoms. The SMILES string of the molecule is CC(=Cc1ccc(C=O)cc1)c1ccc2c(c1)C(C)(C)CCC2(C)C. The molecule has 130 valence electrons. The maximum atomic E-state index is 10.8. The van der Waals surface area contributed by atoms with Crippen molar-refractivity contribution in [1.82, 2.24) is 0 Å². The zero-order chi connectivity index (χ0) is 18.2. The van der Waals surface area contributed by atoms with Crippen molar-refractivity contribution in [3.05, 3.63) is 70.3 Å². The van der Waals surface area contributed by atoms with E-state index in [1.165, 1.54) is 35.1 Å². The molecule has 1 nitrogen and oxygen atoms in total. The number of aldehydes is 1. The van der Waals surface area contributed by atoms with Gasteiger partial charge in [0.05, 0.1) is 0 Å². The van der Waals surface area contributed by atoms with Crippen molar-refractivity contribution < 1.29 is 4.79 Å². The Morgan fingerprint density at radius 3 is 2.00 bits per heavy atom. The molecular weight excluding hydrogens is 304 g/mol. The summed E-state index contributed by atoms with van der Waals surface area (Å²) >= 11 is 0. The van der Waals surface area contributed by atoms with Gasteiger partial charge in [-0.15, -0.1) is 0 Å². The Bertz CT molecular complexity index is 820. The Morgan fingerprint density at radius 2 is 1.40 bits per heavy atom. The average Bonchev–Trinajstić information content (AvgIpc) is 2.59. The van der Waals surface area contributed by atoms with Gasteiger partial charge in [-0.05, 0) is 58.4 Å². The van der Waals surface area contributed by atoms with Gasteiger partial charge in [-0.3, -0.25) is 4.79 Å². The molecule has 2 aromatic rings. The van der Waals surface area contributed by atoms with Crippen molar-refractivity contribution in [3.63, 3.8) is 0 Å². The van der Waals surface area contributed by atoms with Crippen molar-refractivity contribution in [2.75, 3.05) is 0 Å². The van der Waals surface area contributed by atoms with E-state index in [1.807, 2.05) is 24.3 Å². The van der Waals surface area contributed by atoms with Crippen LogP contribution in [0.2, 0.25) is 0 Å². The lowest BCUT2D eigenvalue weighted by Gasteiger charge is -2.42. The van der Waals surface area contributed by atoms with Gasteiger partial charge in [-0.1, -0.05) is 76.2 Å². The smallest absolute Gasteiger partial charge is 0.150 e. The van der Waals surface area contributed by atoms with Crippen LogP contribution in [0.15, 0.2) is 42.5 Å². The molecule has 3 rings (SSSR count). The minimum atomic E-state index is 0.229. The zero-order valence-electron chi connectivity index (χ0n) is 16.0. The van der Waals surface area contributed by atoms with Crippen molar-refractivity contribution in [3.8, 4) is 0 Å². The Balaban J connectivity index is 2.00. The van der Waals surface area contributed by atoms with Crippen LogP contribution in [-0.2, 0) is 10.8 Å². The Kier molecular flexibility index (Phi) is 4.45. The summed E-state index contributed by atoms with van der Waals surface area (Å²) in [6.45, 7) is 11.6. The summed E-state index contributed by atoms with van der Waals surface area (Å²) < 4.78 is 0. The molecule has 0 amide bonds. The van der Waals surface area contributed by atoms with Crippen molar-refractivity contribution in [1.29, 1.82) is 0 Å². The fourth-order valence-electron chi connectivity index (χ4n) is 3.84. The first-order chi connectivity index (χ1) is 11.7. The molecule has 0 aliphatic heterocycles. The number of fused-ring (bicyclic) bond motifs is 1. The number of hydrogen-bond donors (Lipinski definition) is 0. The Morgan fingerprint density at radius 1 is 0.840 bits per heavy atom. The lowest BCUT2D eigenvalue weighted by molar-refractivity contribution is 0.112. The third kappa shape index (κ3) is 3.46. The second-order valence-electron chi connectivity index (χ2n) is 8.64. The standard InChI is InChI=1S/C24H28O/c1-17(14-18-6-8-19(16-25)9-7-18)20-10-11-21-22(15-20)24(4,5)13-12-23(21,2)3/h6-11,14-16H,12-13H2,1-5H3. The summed E-state index contributed by atoms with van der Waals surface area (Å²) in [6.07, 6.45) is 5.54. The van der Waals surface area contributed by atoms with Gasteiger partial charge in [0.1, 0.15) is 6.29 Å². The molecule has 25 heavy (non-hydrogen) atoms. The maximum absolute atomic E-state index is 10.8. The molecule has 0 aromatic heterocycles. The largest absolute Gasteiger partial charge is 0.298 e. The van der Waals surface area contributed by atoms with Crippen molar-refractivity contribution in [2.24, 2.45) is 0 Å². The van der Waals surface area contributed by atoms with Gasteiger partial charge >= 0.3 is 0 Å². The Labute approximate surface area is 151 Å². The topological polar surface area (TPSA) is 17.1 Å². The molecule has 2 aromatic carbocycles. The first-order valence-corrected chi connectivity index (χ1v) is 9.12. The number of carbonyl (C=O) groups is 1. The number of allylic oxidation sites excluding steroid dienone is 1. The van der Waals surface area contributed by atoms with E-state index < -0.39 is 0 Å². The third-order valence-electron chi connectivity index (χ3n) is 5.76. The quantitative estimate of drug-likeness (QED) is 0.469. The molecular formula is C24H28O. The van der Waals surface area contributed by atoms with E-state index >= 15 is 0 Å². The second kappa shape index (κ2) is 6.29. The van der Waals surface area contributed by atoms with Gasteiger partial charge in [-0.2, -0.15) is 0 Å². The van der Waals surface area contributed by atoms with Crippen molar-refractivity contribution >= 4 is 17.9 Å². The molecule has 0 bridgehead atoms. The molecule has 0 atom stereocenters. The van der Waals surface area contributed by atoms with E-state index in [0.29, 0.717) is 5.56 Å². The minimum absolute atomic E-state index is 0.229. The molecule has 0 heterocycles. The van der Waals surface area contributed by atoms with E-state index in [2.05, 4.69) is 58.9 Å². The van der Waals surface area contributed by atoms with E-state index in [-0.39, 0.29) is 10.8 Å². The molecule has 0 N–H and O–H groups in total. The number of benzene rings is 2. The second-order valence-corrected chi connectivity index (χ2v) is 8.64. The Hall–Kier alpha value is -2.15. The van der Waals surface area contributed by atoms with Crippen molar-refractivity contribution in [2.45, 2.75) is 58.3 Å². The van der Waals surface area contributed by atoms with Crippen LogP contribution in [0.5, 0.6) is 0 Å². The summed E-state index contributed by atoms with van der Waals surface area (Å²) in [7, 11) is 0. The van der Waals surface area contributed by atoms with Crippen LogP contribution in [0.1, 0.15) is 80.1 Å². The lowest BCUT2D eigenvalue weighted by Crippen LogP contribution is -2.33. The highest BCUT2D eigenvalue weighted by Crippen LogP contribution is 2.46. The molecule has 1 heteroatoms. The van der Waals surface area contributed by atoms with Gasteiger partial charge in [0, 0.05) is 5.56 Å². The van der Waals surface area contributed by atoms with Crippen LogP contribution < -0.4 is 0 Å². The summed E-state index contributed by atoms with van der Waals surface area (Å²) in [5.41, 5.74) is 7.84. The first kappa shape index (κ1) is 17.7. The zero-order valence-corrected chi connectivity index (χ0v) is 16.0. The van der Waals surface area contributed by atoms with Gasteiger partial charge in [0.25, 0.3) is 0 Å². The van der Waals surface area contributed by atoms with E-state index in [1.54, 1.807) is 0 Å². The fourth-order valence-corrected chi connectivity index (χ4v) is 3.84. The van der Waals surface area contributed by atoms with Gasteiger partial charge in [0.2, 0.25) is 0 Å². The molecule has 0 saturated carbocycles. The fraction of sp³-hybridized carbons (Fsp3) is 0.375. The predicted octanol–water partition coefficient (Wildman–Crippen LogP) is 6.41. The highest BCUT2D eigenvalue weighted by molar-refractivity contribution is 5.82. The molecule has 1 aliphatic rings. The highest BCUT2D eigenvalue weighted by atomic mass is 16.1. The first-order valence-electron chi connectivity index (χ1n) is 9.12. The van der Waals surface area contributed by atoms with Crippen LogP contribution in [0.25, 0.3) is 11.6 Å². The summed E-state index contributed by atoms with van der Waals surface area (Å²) in [4.78, 5) is 10.8. The number of rotatable bonds is 3. The number of carbonyl (C=O) groups excluding carboxylic acids is 1. The summed E-state index contributed by atoms with van der Waals surface area (Å²) in [6, 6.07) is 14.7. The molecule has 0 fully saturated rings. The average molecular weight is 332 g/mol. The van der Waals surface area contributed by atoms with Gasteiger partial charge < -0.3 is 0 Å². The normalized spacial score (nSPS) is 18.5. The van der Waals surface area contributed by atoms with Crippen LogP contribution in [0, 0.1) is 0 Å². The monoisotopic (exact) mass is 332 g/mol. The van der Waals surface area contributed by atoms with Crippen LogP contribution in [-0.4, -0.2) is 6.29 Å². The number of hydrogen-bond acceptors (Lipinski definition) is 1. The van der Waals surface area contributed by atoms with Crippen LogP contribution in [0.4, 0.5) is 0 Å². The maximum Gasteiger partial charge on any atom is 0.150 e. The summed E-state index contributed by atoms with van der Waals surface area (Å²) in [5, 5.41) is 0. The highest BCUT2D eigenvalue weighted by Gasteiger charge is 2.36. The third-order valence-corrected chi connectivity index (χ3v) is 5.76. The van der Waals surface area contributed by atoms with Crippen LogP contribution in [0.3, 0.4) is 0 Å². The van der Waals surface area contributed by atoms with E-state index in [0.717, 1.165) is 11.8 Å². The van der Waals surface area contributed by atoms with Crippen LogP contribution >= 0.6 is 0 Å². The lowest BCUT2D eigenvalue weighted by atomic mass is 9.63. The van der Waals surface area contributed by atoms with Gasteiger partial charge in [0.15, 0.2) is 0 Å². The van der Waals surface area contributed by atoms with E-state index in [4.69, 9.17) is 0 Å². The van der Waals surface area contributed by atoms with E-state index in [9.17, 15) is 4.79 Å². The molecule has 0 saturated heterocycles. The van der Waals surface area contributed by atoms with Gasteiger partial charge in [-0.25, -0.2) is 0 Å².